The molecule has 5 rings (SSSR count). The molecular formula is C25H29N7O. The normalized spacial score (nSPS) is 14.1. The molecule has 1 fully saturated rings. The molecular weight excluding hydrogens is 414 g/mol. The minimum Gasteiger partial charge on any atom is -0.496 e. The van der Waals surface area contributed by atoms with Crippen LogP contribution in [0.5, 0.6) is 5.75 Å². The van der Waals surface area contributed by atoms with Crippen LogP contribution in [-0.4, -0.2) is 57.9 Å². The van der Waals surface area contributed by atoms with Gasteiger partial charge in [0.05, 0.1) is 24.7 Å². The van der Waals surface area contributed by atoms with Gasteiger partial charge in [-0.25, -0.2) is 9.67 Å². The first kappa shape index (κ1) is 21.2. The molecule has 8 nitrogen and oxygen atoms in total. The second-order valence-electron chi connectivity index (χ2n) is 8.30. The van der Waals surface area contributed by atoms with E-state index >= 15 is 0 Å². The van der Waals surface area contributed by atoms with Crippen molar-refractivity contribution in [2.24, 2.45) is 0 Å². The summed E-state index contributed by atoms with van der Waals surface area (Å²) in [7, 11) is 1.66. The second-order valence-corrected chi connectivity index (χ2v) is 8.30. The van der Waals surface area contributed by atoms with Gasteiger partial charge in [0.1, 0.15) is 11.6 Å². The van der Waals surface area contributed by atoms with Gasteiger partial charge in [-0.3, -0.25) is 0 Å². The standard InChI is InChI=1S/C25H29N7O/c1-33-20-12-6-5-11-19(20)22-21-23(26)32(17-18-9-3-2-4-10-18)30-24(21)29-25(28-22)27-13-16-31-14-7-8-15-31/h2-6,9-12H,7-8,13-17,26H2,1H3,(H,27,29,30). The maximum absolute atomic E-state index is 6.60. The molecule has 3 N–H and O–H groups in total. The summed E-state index contributed by atoms with van der Waals surface area (Å²) in [6, 6.07) is 18.0. The highest BCUT2D eigenvalue weighted by Crippen LogP contribution is 2.36. The third-order valence-electron chi connectivity index (χ3n) is 6.09. The Hall–Kier alpha value is -3.65. The number of anilines is 2. The highest BCUT2D eigenvalue weighted by Gasteiger charge is 2.21. The van der Waals surface area contributed by atoms with Crippen molar-refractivity contribution in [1.29, 1.82) is 0 Å². The summed E-state index contributed by atoms with van der Waals surface area (Å²) in [5.74, 6) is 1.82. The smallest absolute Gasteiger partial charge is 0.225 e. The van der Waals surface area contributed by atoms with E-state index in [1.165, 1.54) is 12.8 Å². The van der Waals surface area contributed by atoms with Gasteiger partial charge in [-0.05, 0) is 43.6 Å². The maximum Gasteiger partial charge on any atom is 0.225 e. The minimum absolute atomic E-state index is 0.540. The van der Waals surface area contributed by atoms with Crippen molar-refractivity contribution in [3.05, 3.63) is 60.2 Å². The number of likely N-dealkylation sites (tertiary alicyclic amines) is 1. The highest BCUT2D eigenvalue weighted by molar-refractivity contribution is 6.00. The Morgan fingerprint density at radius 1 is 1.00 bits per heavy atom. The average molecular weight is 444 g/mol. The van der Waals surface area contributed by atoms with Gasteiger partial charge in [-0.1, -0.05) is 42.5 Å². The van der Waals surface area contributed by atoms with Crippen LogP contribution in [0.25, 0.3) is 22.3 Å². The number of rotatable bonds is 8. The molecule has 0 aliphatic carbocycles. The highest BCUT2D eigenvalue weighted by atomic mass is 16.5. The SMILES string of the molecule is COc1ccccc1-c1nc(NCCN2CCCC2)nc2nn(Cc3ccccc3)c(N)c12. The van der Waals surface area contributed by atoms with E-state index < -0.39 is 0 Å². The van der Waals surface area contributed by atoms with Crippen LogP contribution in [0.1, 0.15) is 18.4 Å². The molecule has 0 spiro atoms. The summed E-state index contributed by atoms with van der Waals surface area (Å²) < 4.78 is 7.42. The summed E-state index contributed by atoms with van der Waals surface area (Å²) in [5.41, 5.74) is 9.87. The zero-order valence-corrected chi connectivity index (χ0v) is 18.9. The largest absolute Gasteiger partial charge is 0.496 e. The van der Waals surface area contributed by atoms with Crippen molar-refractivity contribution < 1.29 is 4.74 Å². The molecule has 3 heterocycles. The molecule has 2 aromatic heterocycles. The van der Waals surface area contributed by atoms with Crippen LogP contribution < -0.4 is 15.8 Å². The monoisotopic (exact) mass is 443 g/mol. The third-order valence-corrected chi connectivity index (χ3v) is 6.09. The van der Waals surface area contributed by atoms with Crippen molar-refractivity contribution in [2.45, 2.75) is 19.4 Å². The Morgan fingerprint density at radius 3 is 2.55 bits per heavy atom. The van der Waals surface area contributed by atoms with Gasteiger partial charge in [0.2, 0.25) is 5.95 Å². The van der Waals surface area contributed by atoms with Crippen LogP contribution in [-0.2, 0) is 6.54 Å². The molecule has 0 atom stereocenters. The number of hydrogen-bond donors (Lipinski definition) is 2. The van der Waals surface area contributed by atoms with Gasteiger partial charge in [0, 0.05) is 18.7 Å². The van der Waals surface area contributed by atoms with Crippen molar-refractivity contribution in [1.82, 2.24) is 24.6 Å². The molecule has 1 aliphatic rings. The number of fused-ring (bicyclic) bond motifs is 1. The number of benzene rings is 2. The Morgan fingerprint density at radius 2 is 1.76 bits per heavy atom. The Balaban J connectivity index is 1.54. The molecule has 0 radical (unpaired) electrons. The van der Waals surface area contributed by atoms with E-state index in [9.17, 15) is 0 Å². The van der Waals surface area contributed by atoms with Gasteiger partial charge in [-0.2, -0.15) is 4.98 Å². The molecule has 0 amide bonds. The summed E-state index contributed by atoms with van der Waals surface area (Å²) in [5, 5.41) is 8.88. The fourth-order valence-electron chi connectivity index (χ4n) is 4.38. The number of ether oxygens (including phenoxy) is 1. The van der Waals surface area contributed by atoms with E-state index in [0.717, 1.165) is 54.1 Å². The van der Waals surface area contributed by atoms with Gasteiger partial charge in [0.15, 0.2) is 5.65 Å². The van der Waals surface area contributed by atoms with Crippen molar-refractivity contribution >= 4 is 22.8 Å². The molecule has 8 heteroatoms. The minimum atomic E-state index is 0.540. The zero-order valence-electron chi connectivity index (χ0n) is 18.9. The van der Waals surface area contributed by atoms with Crippen LogP contribution in [0.3, 0.4) is 0 Å². The molecule has 0 saturated carbocycles. The fourth-order valence-corrected chi connectivity index (χ4v) is 4.38. The molecule has 170 valence electrons. The van der Waals surface area contributed by atoms with Crippen LogP contribution in [0, 0.1) is 0 Å². The molecule has 0 unspecified atom stereocenters. The number of nitrogen functional groups attached to an aromatic ring is 1. The maximum atomic E-state index is 6.60. The topological polar surface area (TPSA) is 94.1 Å². The molecule has 2 aromatic carbocycles. The van der Waals surface area contributed by atoms with Gasteiger partial charge < -0.3 is 20.7 Å². The molecule has 1 aliphatic heterocycles. The van der Waals surface area contributed by atoms with Crippen molar-refractivity contribution in [3.63, 3.8) is 0 Å². The number of hydrogen-bond acceptors (Lipinski definition) is 7. The van der Waals surface area contributed by atoms with E-state index in [4.69, 9.17) is 25.5 Å². The lowest BCUT2D eigenvalue weighted by molar-refractivity contribution is 0.352. The lowest BCUT2D eigenvalue weighted by Gasteiger charge is -2.15. The second kappa shape index (κ2) is 9.46. The first-order valence-corrected chi connectivity index (χ1v) is 11.4. The van der Waals surface area contributed by atoms with E-state index in [2.05, 4.69) is 22.3 Å². The average Bonchev–Trinajstić information content (AvgIpc) is 3.47. The lowest BCUT2D eigenvalue weighted by Crippen LogP contribution is -2.26. The van der Waals surface area contributed by atoms with E-state index in [1.807, 2.05) is 42.5 Å². The predicted molar refractivity (Wildman–Crippen MR) is 131 cm³/mol. The van der Waals surface area contributed by atoms with E-state index in [0.29, 0.717) is 24.0 Å². The molecule has 1 saturated heterocycles. The first-order valence-electron chi connectivity index (χ1n) is 11.4. The van der Waals surface area contributed by atoms with Crippen LogP contribution >= 0.6 is 0 Å². The summed E-state index contributed by atoms with van der Waals surface area (Å²) >= 11 is 0. The van der Waals surface area contributed by atoms with Gasteiger partial charge in [0.25, 0.3) is 0 Å². The molecule has 33 heavy (non-hydrogen) atoms. The van der Waals surface area contributed by atoms with Crippen LogP contribution in [0.4, 0.5) is 11.8 Å². The van der Waals surface area contributed by atoms with Gasteiger partial charge in [-0.15, -0.1) is 5.10 Å². The third kappa shape index (κ3) is 4.47. The Bertz CT molecular complexity index is 1230. The number of nitrogens with two attached hydrogens (primary N) is 1. The number of nitrogens with one attached hydrogen (secondary N) is 1. The van der Waals surface area contributed by atoms with Crippen LogP contribution in [0.2, 0.25) is 0 Å². The number of aromatic nitrogens is 4. The number of methoxy groups -OCH3 is 1. The summed E-state index contributed by atoms with van der Waals surface area (Å²) in [6.07, 6.45) is 2.55. The summed E-state index contributed by atoms with van der Waals surface area (Å²) in [6.45, 7) is 4.63. The number of para-hydroxylation sites is 1. The summed E-state index contributed by atoms with van der Waals surface area (Å²) in [4.78, 5) is 12.0. The van der Waals surface area contributed by atoms with E-state index in [1.54, 1.807) is 11.8 Å². The quantitative estimate of drug-likeness (QED) is 0.429. The van der Waals surface area contributed by atoms with Crippen LogP contribution in [0.15, 0.2) is 54.6 Å². The molecule has 0 bridgehead atoms. The number of nitrogens with zero attached hydrogens (tertiary/aromatic N) is 5. The molecule has 4 aromatic rings. The zero-order chi connectivity index (χ0) is 22.6. The predicted octanol–water partition coefficient (Wildman–Crippen LogP) is 3.64. The fraction of sp³-hybridized carbons (Fsp3) is 0.320. The van der Waals surface area contributed by atoms with Crippen molar-refractivity contribution in [3.8, 4) is 17.0 Å². The first-order chi connectivity index (χ1) is 16.2. The van der Waals surface area contributed by atoms with Crippen molar-refractivity contribution in [2.75, 3.05) is 44.3 Å². The Kier molecular flexibility index (Phi) is 6.08. The Labute approximate surface area is 193 Å². The van der Waals surface area contributed by atoms with Gasteiger partial charge >= 0.3 is 0 Å². The van der Waals surface area contributed by atoms with E-state index in [-0.39, 0.29) is 0 Å². The lowest BCUT2D eigenvalue weighted by atomic mass is 10.1.